The number of aromatic carboxylic acids is 1. The van der Waals surface area contributed by atoms with Gasteiger partial charge in [-0.15, -0.1) is 11.3 Å². The Labute approximate surface area is 159 Å². The summed E-state index contributed by atoms with van der Waals surface area (Å²) in [5, 5.41) is 19.9. The van der Waals surface area contributed by atoms with Gasteiger partial charge in [0.1, 0.15) is 10.8 Å². The second-order valence-corrected chi connectivity index (χ2v) is 5.89. The summed E-state index contributed by atoms with van der Waals surface area (Å²) in [6.45, 7) is 1.91. The molecule has 0 radical (unpaired) electrons. The van der Waals surface area contributed by atoms with Gasteiger partial charge in [-0.2, -0.15) is 0 Å². The first-order valence-corrected chi connectivity index (χ1v) is 7.47. The molecule has 0 bridgehead atoms. The van der Waals surface area contributed by atoms with Gasteiger partial charge in [0.05, 0.1) is 10.4 Å². The Morgan fingerprint density at radius 1 is 1.13 bits per heavy atom. The van der Waals surface area contributed by atoms with Gasteiger partial charge in [0.15, 0.2) is 5.69 Å². The van der Waals surface area contributed by atoms with E-state index in [1.807, 2.05) is 37.3 Å². The van der Waals surface area contributed by atoms with Gasteiger partial charge in [-0.1, -0.05) is 42.0 Å². The van der Waals surface area contributed by atoms with Gasteiger partial charge in [-0.05, 0) is 24.6 Å². The Balaban J connectivity index is 0.00000192. The fraction of sp³-hybridized carbons (Fsp3) is 0.0588. The first-order valence-electron chi connectivity index (χ1n) is 6.66. The minimum atomic E-state index is -1.08. The predicted molar refractivity (Wildman–Crippen MR) is 93.5 cm³/mol. The third-order valence-corrected chi connectivity index (χ3v) is 4.39. The zero-order valence-corrected chi connectivity index (χ0v) is 12.6. The monoisotopic (exact) mass is 335 g/mol. The topological polar surface area (TPSA) is 70.4 Å². The summed E-state index contributed by atoms with van der Waals surface area (Å²) < 4.78 is 0. The van der Waals surface area contributed by atoms with Gasteiger partial charge in [-0.25, -0.2) is 9.78 Å². The van der Waals surface area contributed by atoms with E-state index in [2.05, 4.69) is 4.98 Å². The first-order chi connectivity index (χ1) is 10.6. The van der Waals surface area contributed by atoms with Gasteiger partial charge in [0.2, 0.25) is 0 Å². The minimum absolute atomic E-state index is 0. The van der Waals surface area contributed by atoms with Gasteiger partial charge in [-0.3, -0.25) is 0 Å². The molecule has 1 heterocycles. The van der Waals surface area contributed by atoms with E-state index >= 15 is 0 Å². The van der Waals surface area contributed by atoms with Crippen molar-refractivity contribution in [3.63, 3.8) is 0 Å². The third kappa shape index (κ3) is 3.64. The Bertz CT molecular complexity index is 846. The molecule has 2 N–H and O–H groups in total. The summed E-state index contributed by atoms with van der Waals surface area (Å²) in [6.07, 6.45) is 0. The molecule has 0 aliphatic carbocycles. The number of aromatic hydroxyl groups is 1. The quantitative estimate of drug-likeness (QED) is 0.718. The van der Waals surface area contributed by atoms with E-state index in [-0.39, 0.29) is 41.0 Å². The fourth-order valence-corrected chi connectivity index (χ4v) is 3.27. The number of benzene rings is 2. The van der Waals surface area contributed by atoms with Crippen molar-refractivity contribution < 1.29 is 15.0 Å². The van der Waals surface area contributed by atoms with Crippen molar-refractivity contribution >= 4 is 46.9 Å². The summed E-state index contributed by atoms with van der Waals surface area (Å²) in [5.41, 5.74) is 2.33. The molecule has 0 spiro atoms. The van der Waals surface area contributed by atoms with Crippen molar-refractivity contribution in [2.24, 2.45) is 0 Å². The van der Waals surface area contributed by atoms with Gasteiger partial charge in [0, 0.05) is 0 Å². The number of aryl methyl sites for hydroxylation is 1. The van der Waals surface area contributed by atoms with Gasteiger partial charge in [0.25, 0.3) is 0 Å². The molecule has 0 amide bonds. The maximum absolute atomic E-state index is 11.5. The summed E-state index contributed by atoms with van der Waals surface area (Å²) in [4.78, 5) is 16.3. The Morgan fingerprint density at radius 2 is 1.83 bits per heavy atom. The molecule has 2 aromatic carbocycles. The second kappa shape index (κ2) is 7.27. The fourth-order valence-electron chi connectivity index (χ4n) is 2.19. The van der Waals surface area contributed by atoms with Crippen molar-refractivity contribution in [3.8, 4) is 26.8 Å². The molecule has 3 aromatic rings. The van der Waals surface area contributed by atoms with Crippen LogP contribution in [0.25, 0.3) is 21.0 Å². The van der Waals surface area contributed by atoms with E-state index in [1.54, 1.807) is 18.2 Å². The van der Waals surface area contributed by atoms with Crippen LogP contribution in [0.2, 0.25) is 0 Å². The molecular weight excluding hydrogens is 321 g/mol. The van der Waals surface area contributed by atoms with Crippen LogP contribution in [0.4, 0.5) is 0 Å². The molecule has 1 aromatic heterocycles. The molecule has 112 valence electrons. The van der Waals surface area contributed by atoms with Gasteiger partial charge >= 0.3 is 35.5 Å². The van der Waals surface area contributed by atoms with Crippen LogP contribution in [0.1, 0.15) is 16.1 Å². The molecule has 4 nitrogen and oxygen atoms in total. The number of hydrogen-bond acceptors (Lipinski definition) is 4. The van der Waals surface area contributed by atoms with E-state index < -0.39 is 5.97 Å². The van der Waals surface area contributed by atoms with Crippen molar-refractivity contribution in [1.82, 2.24) is 4.98 Å². The zero-order valence-electron chi connectivity index (χ0n) is 11.8. The van der Waals surface area contributed by atoms with Crippen LogP contribution in [-0.2, 0) is 0 Å². The van der Waals surface area contributed by atoms with Crippen LogP contribution < -0.4 is 0 Å². The maximum atomic E-state index is 11.5. The molecule has 23 heavy (non-hydrogen) atoms. The molecule has 0 aliphatic rings. The summed E-state index contributed by atoms with van der Waals surface area (Å²) in [6, 6.07) is 14.5. The normalized spacial score (nSPS) is 10.1. The SMILES string of the molecule is Cc1ccc(O)c(-c2nc(C(=O)O)c(-c3ccccc3)s2)c1.[NaH]. The Hall–Kier alpha value is -1.66. The van der Waals surface area contributed by atoms with Crippen LogP contribution in [0, 0.1) is 6.92 Å². The number of carbonyl (C=O) groups is 1. The molecule has 0 aliphatic heterocycles. The average molecular weight is 335 g/mol. The Kier molecular flexibility index (Phi) is 5.59. The number of phenols is 1. The number of rotatable bonds is 3. The van der Waals surface area contributed by atoms with Crippen molar-refractivity contribution in [2.75, 3.05) is 0 Å². The molecule has 0 unspecified atom stereocenters. The van der Waals surface area contributed by atoms with E-state index in [9.17, 15) is 15.0 Å². The van der Waals surface area contributed by atoms with E-state index in [4.69, 9.17) is 0 Å². The van der Waals surface area contributed by atoms with E-state index in [1.165, 1.54) is 11.3 Å². The van der Waals surface area contributed by atoms with Crippen molar-refractivity contribution in [3.05, 3.63) is 59.8 Å². The van der Waals surface area contributed by atoms with Crippen molar-refractivity contribution in [2.45, 2.75) is 6.92 Å². The number of nitrogens with zero attached hydrogens (tertiary/aromatic N) is 1. The molecular formula is C17H14NNaO3S. The van der Waals surface area contributed by atoms with E-state index in [0.717, 1.165) is 11.1 Å². The number of carboxylic acids is 1. The Morgan fingerprint density at radius 3 is 2.48 bits per heavy atom. The number of phenolic OH excluding ortho intramolecular Hbond substituents is 1. The predicted octanol–water partition coefficient (Wildman–Crippen LogP) is 3.54. The third-order valence-electron chi connectivity index (χ3n) is 3.25. The van der Waals surface area contributed by atoms with Crippen LogP contribution in [-0.4, -0.2) is 50.7 Å². The summed E-state index contributed by atoms with van der Waals surface area (Å²) >= 11 is 1.26. The zero-order chi connectivity index (χ0) is 15.7. The molecule has 6 heteroatoms. The second-order valence-electron chi connectivity index (χ2n) is 4.89. The molecule has 3 rings (SSSR count). The van der Waals surface area contributed by atoms with E-state index in [0.29, 0.717) is 15.4 Å². The molecule has 0 saturated carbocycles. The van der Waals surface area contributed by atoms with Crippen LogP contribution >= 0.6 is 11.3 Å². The number of carboxylic acid groups (broad SMARTS) is 1. The number of thiazole rings is 1. The molecule has 0 atom stereocenters. The average Bonchev–Trinajstić information content (AvgIpc) is 2.96. The number of aromatic nitrogens is 1. The number of hydrogen-bond donors (Lipinski definition) is 2. The van der Waals surface area contributed by atoms with Crippen LogP contribution in [0.15, 0.2) is 48.5 Å². The molecule has 0 fully saturated rings. The van der Waals surface area contributed by atoms with Crippen LogP contribution in [0.5, 0.6) is 5.75 Å². The molecule has 0 saturated heterocycles. The first kappa shape index (κ1) is 17.7. The summed E-state index contributed by atoms with van der Waals surface area (Å²) in [7, 11) is 0. The van der Waals surface area contributed by atoms with Gasteiger partial charge < -0.3 is 10.2 Å². The standard InChI is InChI=1S/C17H13NO3S.Na.H/c1-10-7-8-13(19)12(9-10)16-18-14(17(20)21)15(22-16)11-5-3-2-4-6-11;;/h2-9,19H,1H3,(H,20,21);;. The summed E-state index contributed by atoms with van der Waals surface area (Å²) in [5.74, 6) is -0.982. The van der Waals surface area contributed by atoms with Crippen molar-refractivity contribution in [1.29, 1.82) is 0 Å². The van der Waals surface area contributed by atoms with Crippen LogP contribution in [0.3, 0.4) is 0 Å².